The summed E-state index contributed by atoms with van der Waals surface area (Å²) < 4.78 is 0. The fourth-order valence-corrected chi connectivity index (χ4v) is 1.40. The highest BCUT2D eigenvalue weighted by Crippen LogP contribution is 2.06. The molecule has 0 amide bonds. The van der Waals surface area contributed by atoms with Gasteiger partial charge in [0, 0.05) is 5.56 Å². The van der Waals surface area contributed by atoms with Crippen LogP contribution in [0.4, 0.5) is 0 Å². The van der Waals surface area contributed by atoms with E-state index < -0.39 is 5.60 Å². The van der Waals surface area contributed by atoms with Gasteiger partial charge in [0.25, 0.3) is 0 Å². The molecule has 0 aliphatic heterocycles. The van der Waals surface area contributed by atoms with Gasteiger partial charge in [-0.05, 0) is 31.6 Å². The van der Waals surface area contributed by atoms with Gasteiger partial charge in [0.05, 0.1) is 0 Å². The molecule has 1 rings (SSSR count). The smallest absolute Gasteiger partial charge is 0.141 e. The van der Waals surface area contributed by atoms with E-state index in [0.29, 0.717) is 0 Å². The van der Waals surface area contributed by atoms with E-state index in [1.54, 1.807) is 13.0 Å². The van der Waals surface area contributed by atoms with Gasteiger partial charge in [-0.2, -0.15) is 0 Å². The molecule has 1 atom stereocenters. The van der Waals surface area contributed by atoms with Crippen LogP contribution in [0.15, 0.2) is 42.5 Å². The molecule has 0 bridgehead atoms. The topological polar surface area (TPSA) is 20.2 Å². The van der Waals surface area contributed by atoms with Crippen LogP contribution in [0.2, 0.25) is 0 Å². The van der Waals surface area contributed by atoms with Crippen LogP contribution in [0.5, 0.6) is 0 Å². The Bertz CT molecular complexity index is 404. The van der Waals surface area contributed by atoms with Crippen molar-refractivity contribution in [1.29, 1.82) is 0 Å². The minimum Gasteiger partial charge on any atom is -0.374 e. The molecule has 17 heavy (non-hydrogen) atoms. The zero-order valence-corrected chi connectivity index (χ0v) is 10.6. The molecule has 1 aromatic carbocycles. The minimum atomic E-state index is -1.04. The van der Waals surface area contributed by atoms with Gasteiger partial charge in [0.1, 0.15) is 5.60 Å². The molecule has 0 fully saturated rings. The highest BCUT2D eigenvalue weighted by Gasteiger charge is 2.10. The maximum atomic E-state index is 10.0. The monoisotopic (exact) mass is 228 g/mol. The van der Waals surface area contributed by atoms with E-state index in [4.69, 9.17) is 0 Å². The lowest BCUT2D eigenvalue weighted by Crippen LogP contribution is -2.17. The van der Waals surface area contributed by atoms with Crippen LogP contribution in [-0.4, -0.2) is 10.7 Å². The van der Waals surface area contributed by atoms with E-state index in [0.717, 1.165) is 18.4 Å². The van der Waals surface area contributed by atoms with Crippen LogP contribution in [-0.2, 0) is 0 Å². The molecule has 1 nitrogen and oxygen atoms in total. The zero-order chi connectivity index (χ0) is 12.6. The average molecular weight is 228 g/mol. The Balaban J connectivity index is 2.60. The molecule has 0 unspecified atom stereocenters. The molecular weight excluding hydrogens is 208 g/mol. The summed E-state index contributed by atoms with van der Waals surface area (Å²) in [6.45, 7) is 3.87. The van der Waals surface area contributed by atoms with Gasteiger partial charge in [0.2, 0.25) is 0 Å². The number of aliphatic hydroxyl groups is 1. The fourth-order valence-electron chi connectivity index (χ4n) is 1.40. The van der Waals surface area contributed by atoms with Crippen LogP contribution in [0, 0.1) is 11.8 Å². The van der Waals surface area contributed by atoms with Crippen molar-refractivity contribution in [2.24, 2.45) is 0 Å². The van der Waals surface area contributed by atoms with Crippen molar-refractivity contribution in [1.82, 2.24) is 0 Å². The van der Waals surface area contributed by atoms with Crippen molar-refractivity contribution >= 4 is 0 Å². The normalized spacial score (nSPS) is 14.1. The van der Waals surface area contributed by atoms with Crippen molar-refractivity contribution in [2.45, 2.75) is 38.7 Å². The molecule has 0 aliphatic rings. The second-order valence-electron chi connectivity index (χ2n) is 4.31. The Morgan fingerprint density at radius 3 is 2.65 bits per heavy atom. The average Bonchev–Trinajstić information content (AvgIpc) is 2.34. The molecule has 1 aromatic rings. The number of unbranched alkanes of at least 4 members (excludes halogenated alkanes) is 2. The number of allylic oxidation sites excluding steroid dienone is 1. The third-order valence-corrected chi connectivity index (χ3v) is 2.40. The molecule has 0 saturated carbocycles. The first-order valence-corrected chi connectivity index (χ1v) is 6.12. The van der Waals surface area contributed by atoms with Crippen LogP contribution in [0.25, 0.3) is 0 Å². The number of rotatable bonds is 4. The lowest BCUT2D eigenvalue weighted by molar-refractivity contribution is 0.174. The predicted molar refractivity (Wildman–Crippen MR) is 72.6 cm³/mol. The van der Waals surface area contributed by atoms with E-state index in [9.17, 15) is 5.11 Å². The largest absolute Gasteiger partial charge is 0.374 e. The van der Waals surface area contributed by atoms with E-state index in [2.05, 4.69) is 18.8 Å². The van der Waals surface area contributed by atoms with Gasteiger partial charge in [-0.25, -0.2) is 0 Å². The molecular formula is C16H20O. The number of hydrogen-bond donors (Lipinski definition) is 1. The van der Waals surface area contributed by atoms with E-state index in [-0.39, 0.29) is 0 Å². The minimum absolute atomic E-state index is 0.926. The Morgan fingerprint density at radius 1 is 1.29 bits per heavy atom. The highest BCUT2D eigenvalue weighted by molar-refractivity contribution is 5.37. The summed E-state index contributed by atoms with van der Waals surface area (Å²) in [5, 5.41) is 10.0. The van der Waals surface area contributed by atoms with Crippen LogP contribution >= 0.6 is 0 Å². The lowest BCUT2D eigenvalue weighted by atomic mass is 10.1. The molecule has 0 saturated heterocycles. The van der Waals surface area contributed by atoms with E-state index in [1.807, 2.05) is 36.4 Å². The van der Waals surface area contributed by atoms with Crippen molar-refractivity contribution in [3.63, 3.8) is 0 Å². The summed E-state index contributed by atoms with van der Waals surface area (Å²) in [6, 6.07) is 9.70. The molecule has 0 spiro atoms. The summed E-state index contributed by atoms with van der Waals surface area (Å²) in [5.41, 5.74) is -0.112. The fraction of sp³-hybridized carbons (Fsp3) is 0.375. The van der Waals surface area contributed by atoms with E-state index >= 15 is 0 Å². The maximum absolute atomic E-state index is 10.0. The summed E-state index contributed by atoms with van der Waals surface area (Å²) in [5.74, 6) is 5.85. The Labute approximate surface area is 104 Å². The van der Waals surface area contributed by atoms with Gasteiger partial charge in [-0.3, -0.25) is 0 Å². The molecule has 0 heterocycles. The highest BCUT2D eigenvalue weighted by atomic mass is 16.3. The quantitative estimate of drug-likeness (QED) is 0.475. The van der Waals surface area contributed by atoms with Crippen LogP contribution < -0.4 is 0 Å². The number of hydrogen-bond acceptors (Lipinski definition) is 1. The number of benzene rings is 1. The van der Waals surface area contributed by atoms with Gasteiger partial charge >= 0.3 is 0 Å². The van der Waals surface area contributed by atoms with Crippen LogP contribution in [0.3, 0.4) is 0 Å². The first-order chi connectivity index (χ1) is 8.14. The van der Waals surface area contributed by atoms with Gasteiger partial charge in [0.15, 0.2) is 0 Å². The second-order valence-corrected chi connectivity index (χ2v) is 4.31. The summed E-state index contributed by atoms with van der Waals surface area (Å²) >= 11 is 0. The molecule has 0 radical (unpaired) electrons. The molecule has 1 heteroatoms. The SMILES string of the molecule is CCCC/C=C/[C@](C)(O)C#Cc1ccccc1. The lowest BCUT2D eigenvalue weighted by Gasteiger charge is -2.09. The third-order valence-electron chi connectivity index (χ3n) is 2.40. The van der Waals surface area contributed by atoms with Gasteiger partial charge in [-0.15, -0.1) is 0 Å². The van der Waals surface area contributed by atoms with Crippen molar-refractivity contribution in [3.8, 4) is 11.8 Å². The summed E-state index contributed by atoms with van der Waals surface area (Å²) in [7, 11) is 0. The van der Waals surface area contributed by atoms with Gasteiger partial charge in [-0.1, -0.05) is 55.9 Å². The predicted octanol–water partition coefficient (Wildman–Crippen LogP) is 3.54. The molecule has 1 N–H and O–H groups in total. The van der Waals surface area contributed by atoms with Crippen molar-refractivity contribution < 1.29 is 5.11 Å². The maximum Gasteiger partial charge on any atom is 0.141 e. The molecule has 90 valence electrons. The third kappa shape index (κ3) is 5.94. The first kappa shape index (κ1) is 13.5. The van der Waals surface area contributed by atoms with Gasteiger partial charge < -0.3 is 5.11 Å². The Morgan fingerprint density at radius 2 is 2.00 bits per heavy atom. The Kier molecular flexibility index (Phi) is 5.52. The second kappa shape index (κ2) is 6.93. The first-order valence-electron chi connectivity index (χ1n) is 6.12. The summed E-state index contributed by atoms with van der Waals surface area (Å²) in [4.78, 5) is 0. The molecule has 0 aliphatic carbocycles. The van der Waals surface area contributed by atoms with Crippen molar-refractivity contribution in [2.75, 3.05) is 0 Å². The molecule has 0 aromatic heterocycles. The van der Waals surface area contributed by atoms with Crippen LogP contribution in [0.1, 0.15) is 38.7 Å². The van der Waals surface area contributed by atoms with Crippen molar-refractivity contribution in [3.05, 3.63) is 48.0 Å². The van der Waals surface area contributed by atoms with E-state index in [1.165, 1.54) is 6.42 Å². The zero-order valence-electron chi connectivity index (χ0n) is 10.6. The summed E-state index contributed by atoms with van der Waals surface area (Å²) in [6.07, 6.45) is 7.10. The standard InChI is InChI=1S/C16H20O/c1-3-4-5-9-13-16(2,17)14-12-15-10-7-6-8-11-15/h6-11,13,17H,3-5H2,1-2H3/b13-9+/t16-/m0/s1. The Hall–Kier alpha value is -1.52.